The van der Waals surface area contributed by atoms with Gasteiger partial charge in [-0.15, -0.1) is 0 Å². The van der Waals surface area contributed by atoms with Crippen molar-refractivity contribution < 1.29 is 19.1 Å². The predicted molar refractivity (Wildman–Crippen MR) is 148 cm³/mol. The molecule has 0 spiro atoms. The highest BCUT2D eigenvalue weighted by Crippen LogP contribution is 2.30. The zero-order valence-corrected chi connectivity index (χ0v) is 21.7. The van der Waals surface area contributed by atoms with Gasteiger partial charge in [0.05, 0.1) is 17.8 Å². The Morgan fingerprint density at radius 1 is 1.24 bits per heavy atom. The van der Waals surface area contributed by atoms with Crippen LogP contribution in [0.15, 0.2) is 64.1 Å². The third-order valence-electron chi connectivity index (χ3n) is 6.24. The standard InChI is InChI=1S/C27H26N6O4S/c1-27(2)33(26(36)37-27)14-13-29-19-10-8-17(9-11-19)23(35)32-24-21(22(28)34)31-25(38-24)30-20-12-7-16-5-3-4-6-18(16)15-20/h3-8,12,15,24-25,30H,10,13-14H2,1-2H3,(H2,28,34)(H,32,35). The van der Waals surface area contributed by atoms with Crippen LogP contribution >= 0.6 is 11.8 Å². The Hall–Kier alpha value is -4.30. The summed E-state index contributed by atoms with van der Waals surface area (Å²) in [6, 6.07) is 13.9. The lowest BCUT2D eigenvalue weighted by Gasteiger charge is -2.46. The Balaban J connectivity index is 1.17. The van der Waals surface area contributed by atoms with Crippen LogP contribution in [-0.2, 0) is 14.3 Å². The summed E-state index contributed by atoms with van der Waals surface area (Å²) in [6.45, 7) is 4.44. The number of rotatable bonds is 8. The predicted octanol–water partition coefficient (Wildman–Crippen LogP) is 2.61. The highest BCUT2D eigenvalue weighted by Gasteiger charge is 2.45. The molecule has 3 amide bonds. The molecule has 3 aliphatic rings. The topological polar surface area (TPSA) is 138 Å². The molecule has 1 aliphatic carbocycles. The van der Waals surface area contributed by atoms with Crippen molar-refractivity contribution in [2.45, 2.75) is 36.9 Å². The second kappa shape index (κ2) is 10.2. The molecule has 2 atom stereocenters. The summed E-state index contributed by atoms with van der Waals surface area (Å²) >= 11 is 1.27. The Kier molecular flexibility index (Phi) is 6.82. The summed E-state index contributed by atoms with van der Waals surface area (Å²) in [5.74, 6) is 4.62. The Bertz CT molecular complexity index is 1490. The van der Waals surface area contributed by atoms with Gasteiger partial charge in [0.25, 0.3) is 11.8 Å². The Morgan fingerprint density at radius 2 is 2.03 bits per heavy atom. The van der Waals surface area contributed by atoms with Crippen LogP contribution in [0.1, 0.15) is 20.3 Å². The van der Waals surface area contributed by atoms with Crippen LogP contribution in [0.4, 0.5) is 10.5 Å². The number of carbonyl (C=O) groups is 3. The van der Waals surface area contributed by atoms with E-state index in [4.69, 9.17) is 10.5 Å². The van der Waals surface area contributed by atoms with E-state index in [1.165, 1.54) is 11.8 Å². The first-order chi connectivity index (χ1) is 18.2. The normalized spacial score (nSPS) is 22.5. The fraction of sp³-hybridized carbons (Fsp3) is 0.296. The van der Waals surface area contributed by atoms with Gasteiger partial charge in [0.15, 0.2) is 11.2 Å². The zero-order valence-electron chi connectivity index (χ0n) is 20.9. The van der Waals surface area contributed by atoms with E-state index in [1.807, 2.05) is 56.3 Å². The molecule has 11 heteroatoms. The molecule has 4 N–H and O–H groups in total. The number of benzene rings is 2. The van der Waals surface area contributed by atoms with Crippen molar-refractivity contribution in [3.8, 4) is 11.8 Å². The molecule has 2 aromatic rings. The van der Waals surface area contributed by atoms with Crippen molar-refractivity contribution in [2.24, 2.45) is 15.7 Å². The van der Waals surface area contributed by atoms with Crippen LogP contribution < -0.4 is 16.4 Å². The van der Waals surface area contributed by atoms with Crippen molar-refractivity contribution in [3.63, 3.8) is 0 Å². The molecule has 2 heterocycles. The maximum atomic E-state index is 12.9. The number of nitrogens with zero attached hydrogens (tertiary/aromatic N) is 3. The average Bonchev–Trinajstić information content (AvgIpc) is 3.28. The number of thioether (sulfide) groups is 1. The van der Waals surface area contributed by atoms with Crippen LogP contribution in [0.25, 0.3) is 10.8 Å². The van der Waals surface area contributed by atoms with Gasteiger partial charge in [0, 0.05) is 18.7 Å². The van der Waals surface area contributed by atoms with E-state index in [0.29, 0.717) is 25.2 Å². The summed E-state index contributed by atoms with van der Waals surface area (Å²) in [6.07, 6.45) is 1.73. The molecule has 2 aromatic carbocycles. The number of cyclic esters (lactones) is 1. The number of anilines is 1. The molecule has 194 valence electrons. The van der Waals surface area contributed by atoms with Crippen molar-refractivity contribution in [3.05, 3.63) is 54.1 Å². The van der Waals surface area contributed by atoms with Gasteiger partial charge < -0.3 is 21.1 Å². The SMILES string of the molecule is CC1(C)OC(=O)N1CCN=C1C#CC(C(=O)NC2SC(Nc3ccc4ccccc4c3)N=C2C(N)=O)=CC1. The molecule has 10 nitrogen and oxygen atoms in total. The summed E-state index contributed by atoms with van der Waals surface area (Å²) in [7, 11) is 0. The van der Waals surface area contributed by atoms with Crippen molar-refractivity contribution >= 4 is 57.6 Å². The van der Waals surface area contributed by atoms with Gasteiger partial charge in [-0.2, -0.15) is 0 Å². The maximum absolute atomic E-state index is 12.9. The van der Waals surface area contributed by atoms with E-state index in [0.717, 1.165) is 16.5 Å². The number of hydrogen-bond acceptors (Lipinski definition) is 8. The summed E-state index contributed by atoms with van der Waals surface area (Å²) in [5.41, 5.74) is 6.26. The van der Waals surface area contributed by atoms with E-state index in [2.05, 4.69) is 32.5 Å². The third-order valence-corrected chi connectivity index (χ3v) is 7.34. The van der Waals surface area contributed by atoms with Crippen LogP contribution in [0.2, 0.25) is 0 Å². The summed E-state index contributed by atoms with van der Waals surface area (Å²) < 4.78 is 5.06. The van der Waals surface area contributed by atoms with Gasteiger partial charge in [-0.3, -0.25) is 19.5 Å². The van der Waals surface area contributed by atoms with Gasteiger partial charge in [-0.1, -0.05) is 54.1 Å². The minimum atomic E-state index is -0.713. The molecular formula is C27H26N6O4S. The first-order valence-electron chi connectivity index (χ1n) is 12.0. The van der Waals surface area contributed by atoms with Gasteiger partial charge in [0.1, 0.15) is 11.1 Å². The molecule has 2 unspecified atom stereocenters. The molecular weight excluding hydrogens is 504 g/mol. The first kappa shape index (κ1) is 25.4. The Labute approximate surface area is 223 Å². The maximum Gasteiger partial charge on any atom is 0.415 e. The summed E-state index contributed by atoms with van der Waals surface area (Å²) in [4.78, 5) is 46.9. The number of nitrogens with one attached hydrogen (secondary N) is 2. The lowest BCUT2D eigenvalue weighted by Crippen LogP contribution is -2.62. The van der Waals surface area contributed by atoms with E-state index in [1.54, 1.807) is 11.0 Å². The van der Waals surface area contributed by atoms with E-state index in [9.17, 15) is 14.4 Å². The fourth-order valence-corrected chi connectivity index (χ4v) is 5.36. The Morgan fingerprint density at radius 3 is 2.71 bits per heavy atom. The molecule has 38 heavy (non-hydrogen) atoms. The van der Waals surface area contributed by atoms with Crippen LogP contribution in [0.5, 0.6) is 0 Å². The molecule has 0 aromatic heterocycles. The second-order valence-corrected chi connectivity index (χ2v) is 10.5. The number of hydrogen-bond donors (Lipinski definition) is 3. The number of aliphatic imine (C=N–C) groups is 2. The molecule has 5 rings (SSSR count). The van der Waals surface area contributed by atoms with E-state index < -0.39 is 28.4 Å². The lowest BCUT2D eigenvalue weighted by molar-refractivity contribution is -0.160. The molecule has 0 bridgehead atoms. The largest absolute Gasteiger partial charge is 0.423 e. The minimum absolute atomic E-state index is 0.0840. The number of carbonyl (C=O) groups excluding carboxylic acids is 3. The fourth-order valence-electron chi connectivity index (χ4n) is 4.24. The van der Waals surface area contributed by atoms with Gasteiger partial charge in [-0.05, 0) is 42.7 Å². The van der Waals surface area contributed by atoms with Crippen LogP contribution in [0.3, 0.4) is 0 Å². The number of primary amides is 1. The van der Waals surface area contributed by atoms with Gasteiger partial charge in [-0.25, -0.2) is 9.79 Å². The van der Waals surface area contributed by atoms with Crippen LogP contribution in [0, 0.1) is 11.8 Å². The molecule has 0 saturated carbocycles. The number of allylic oxidation sites excluding steroid dienone is 1. The molecule has 1 saturated heterocycles. The minimum Gasteiger partial charge on any atom is -0.423 e. The molecule has 1 fully saturated rings. The smallest absolute Gasteiger partial charge is 0.415 e. The average molecular weight is 531 g/mol. The number of ether oxygens (including phenoxy) is 1. The number of fused-ring (bicyclic) bond motifs is 1. The molecule has 2 aliphatic heterocycles. The van der Waals surface area contributed by atoms with Gasteiger partial charge >= 0.3 is 6.09 Å². The quantitative estimate of drug-likeness (QED) is 0.449. The summed E-state index contributed by atoms with van der Waals surface area (Å²) in [5, 5.41) is 7.56. The monoisotopic (exact) mass is 530 g/mol. The van der Waals surface area contributed by atoms with Crippen LogP contribution in [-0.4, -0.2) is 63.9 Å². The van der Waals surface area contributed by atoms with Gasteiger partial charge in [0.2, 0.25) is 0 Å². The van der Waals surface area contributed by atoms with E-state index in [-0.39, 0.29) is 17.4 Å². The second-order valence-electron chi connectivity index (χ2n) is 9.29. The number of nitrogens with two attached hydrogens (primary N) is 1. The highest BCUT2D eigenvalue weighted by molar-refractivity contribution is 8.01. The highest BCUT2D eigenvalue weighted by atomic mass is 32.2. The lowest BCUT2D eigenvalue weighted by atomic mass is 10.1. The van der Waals surface area contributed by atoms with Crippen molar-refractivity contribution in [1.82, 2.24) is 10.2 Å². The molecule has 0 radical (unpaired) electrons. The van der Waals surface area contributed by atoms with Crippen molar-refractivity contribution in [2.75, 3.05) is 18.4 Å². The first-order valence-corrected chi connectivity index (χ1v) is 13.0. The number of amides is 3. The van der Waals surface area contributed by atoms with E-state index >= 15 is 0 Å². The third kappa shape index (κ3) is 5.35. The van der Waals surface area contributed by atoms with Crippen molar-refractivity contribution in [1.29, 1.82) is 0 Å². The zero-order chi connectivity index (χ0) is 26.9.